The first-order valence-electron chi connectivity index (χ1n) is 8.20. The van der Waals surface area contributed by atoms with E-state index in [0.717, 1.165) is 30.4 Å². The second-order valence-electron chi connectivity index (χ2n) is 6.38. The van der Waals surface area contributed by atoms with Crippen LogP contribution in [0.3, 0.4) is 0 Å². The fourth-order valence-corrected chi connectivity index (χ4v) is 4.06. The fraction of sp³-hybridized carbons (Fsp3) is 0.350. The Kier molecular flexibility index (Phi) is 4.22. The van der Waals surface area contributed by atoms with Gasteiger partial charge in [-0.15, -0.1) is 0 Å². The molecular weight excluding hydrogens is 312 g/mol. The molecule has 0 saturated heterocycles. The number of nitrogens with zero attached hydrogens (tertiary/aromatic N) is 3. The predicted molar refractivity (Wildman–Crippen MR) is 91.6 cm³/mol. The monoisotopic (exact) mass is 330 g/mol. The SMILES string of the molecule is COc1ccc(C2C3CCCC=C3C(C#N)=C(N)C2(C#N)C#N)cc1. The van der Waals surface area contributed by atoms with Gasteiger partial charge in [-0.3, -0.25) is 0 Å². The Hall–Kier alpha value is -3.23. The normalized spacial score (nSPS) is 24.2. The molecule has 0 saturated carbocycles. The Balaban J connectivity index is 2.27. The van der Waals surface area contributed by atoms with E-state index in [1.54, 1.807) is 7.11 Å². The van der Waals surface area contributed by atoms with Crippen molar-refractivity contribution in [2.45, 2.75) is 25.2 Å². The van der Waals surface area contributed by atoms with E-state index >= 15 is 0 Å². The Bertz CT molecular complexity index is 860. The van der Waals surface area contributed by atoms with E-state index in [0.29, 0.717) is 11.3 Å². The first-order valence-corrected chi connectivity index (χ1v) is 8.20. The number of ether oxygens (including phenoxy) is 1. The zero-order chi connectivity index (χ0) is 18.0. The van der Waals surface area contributed by atoms with Crippen LogP contribution in [0.15, 0.2) is 47.2 Å². The van der Waals surface area contributed by atoms with Crippen molar-refractivity contribution in [1.29, 1.82) is 15.8 Å². The highest BCUT2D eigenvalue weighted by molar-refractivity contribution is 5.59. The quantitative estimate of drug-likeness (QED) is 0.895. The number of fused-ring (bicyclic) bond motifs is 1. The van der Waals surface area contributed by atoms with Crippen molar-refractivity contribution in [1.82, 2.24) is 0 Å². The van der Waals surface area contributed by atoms with Crippen LogP contribution in [-0.4, -0.2) is 7.11 Å². The standard InChI is InChI=1S/C20H18N4O/c1-25-14-8-6-13(7-9-14)18-16-5-3-2-4-15(16)17(10-21)19(24)20(18,11-22)12-23/h4,6-9,16,18H,2-3,5,24H2,1H3. The molecule has 0 radical (unpaired) electrons. The third kappa shape index (κ3) is 2.35. The van der Waals surface area contributed by atoms with Crippen molar-refractivity contribution in [3.63, 3.8) is 0 Å². The second kappa shape index (κ2) is 6.34. The minimum Gasteiger partial charge on any atom is -0.497 e. The first kappa shape index (κ1) is 16.6. The van der Waals surface area contributed by atoms with Gasteiger partial charge in [0.2, 0.25) is 0 Å². The van der Waals surface area contributed by atoms with E-state index < -0.39 is 11.3 Å². The molecule has 2 N–H and O–H groups in total. The van der Waals surface area contributed by atoms with Gasteiger partial charge in [-0.25, -0.2) is 0 Å². The fourth-order valence-electron chi connectivity index (χ4n) is 4.06. The topological polar surface area (TPSA) is 107 Å². The average molecular weight is 330 g/mol. The lowest BCUT2D eigenvalue weighted by atomic mass is 9.57. The van der Waals surface area contributed by atoms with Crippen molar-refractivity contribution in [3.05, 3.63) is 52.7 Å². The van der Waals surface area contributed by atoms with Gasteiger partial charge in [0.15, 0.2) is 5.41 Å². The summed E-state index contributed by atoms with van der Waals surface area (Å²) in [5, 5.41) is 29.4. The van der Waals surface area contributed by atoms with E-state index in [9.17, 15) is 15.8 Å². The van der Waals surface area contributed by atoms with Crippen LogP contribution >= 0.6 is 0 Å². The molecule has 3 rings (SSSR count). The lowest BCUT2D eigenvalue weighted by Crippen LogP contribution is -2.42. The van der Waals surface area contributed by atoms with Gasteiger partial charge in [-0.1, -0.05) is 18.2 Å². The summed E-state index contributed by atoms with van der Waals surface area (Å²) in [5.74, 6) is 0.236. The first-order chi connectivity index (χ1) is 12.1. The second-order valence-corrected chi connectivity index (χ2v) is 6.38. The van der Waals surface area contributed by atoms with Crippen molar-refractivity contribution in [2.24, 2.45) is 17.1 Å². The molecule has 0 amide bonds. The summed E-state index contributed by atoms with van der Waals surface area (Å²) in [5.41, 5.74) is 6.81. The summed E-state index contributed by atoms with van der Waals surface area (Å²) in [6.45, 7) is 0. The highest BCUT2D eigenvalue weighted by Gasteiger charge is 2.53. The molecule has 0 aliphatic heterocycles. The maximum Gasteiger partial charge on any atom is 0.191 e. The molecule has 5 heteroatoms. The highest BCUT2D eigenvalue weighted by Crippen LogP contribution is 2.55. The third-order valence-electron chi connectivity index (χ3n) is 5.27. The smallest absolute Gasteiger partial charge is 0.191 e. The third-order valence-corrected chi connectivity index (χ3v) is 5.27. The van der Waals surface area contributed by atoms with E-state index in [2.05, 4.69) is 18.2 Å². The van der Waals surface area contributed by atoms with Gasteiger partial charge in [0.1, 0.15) is 11.8 Å². The van der Waals surface area contributed by atoms with Crippen molar-refractivity contribution < 1.29 is 4.74 Å². The molecule has 0 spiro atoms. The average Bonchev–Trinajstić information content (AvgIpc) is 2.67. The lowest BCUT2D eigenvalue weighted by Gasteiger charge is -2.43. The van der Waals surface area contributed by atoms with Crippen LogP contribution < -0.4 is 10.5 Å². The number of methoxy groups -OCH3 is 1. The number of rotatable bonds is 2. The van der Waals surface area contributed by atoms with Crippen LogP contribution in [0.2, 0.25) is 0 Å². The Morgan fingerprint density at radius 1 is 1.16 bits per heavy atom. The van der Waals surface area contributed by atoms with E-state index in [4.69, 9.17) is 10.5 Å². The molecule has 25 heavy (non-hydrogen) atoms. The Morgan fingerprint density at radius 3 is 2.40 bits per heavy atom. The van der Waals surface area contributed by atoms with Gasteiger partial charge in [-0.2, -0.15) is 15.8 Å². The lowest BCUT2D eigenvalue weighted by molar-refractivity contribution is 0.317. The molecule has 0 heterocycles. The molecule has 2 unspecified atom stereocenters. The van der Waals surface area contributed by atoms with Crippen LogP contribution in [0.4, 0.5) is 0 Å². The number of hydrogen-bond donors (Lipinski definition) is 1. The molecule has 2 atom stereocenters. The summed E-state index contributed by atoms with van der Waals surface area (Å²) >= 11 is 0. The largest absolute Gasteiger partial charge is 0.497 e. The zero-order valence-corrected chi connectivity index (χ0v) is 14.0. The van der Waals surface area contributed by atoms with Crippen LogP contribution in [0, 0.1) is 45.3 Å². The molecule has 124 valence electrons. The molecule has 0 fully saturated rings. The van der Waals surface area contributed by atoms with Crippen LogP contribution in [0.25, 0.3) is 0 Å². The minimum atomic E-state index is -1.54. The van der Waals surface area contributed by atoms with Gasteiger partial charge in [0, 0.05) is 5.92 Å². The van der Waals surface area contributed by atoms with Gasteiger partial charge in [0.05, 0.1) is 30.5 Å². The van der Waals surface area contributed by atoms with E-state index in [-0.39, 0.29) is 11.6 Å². The van der Waals surface area contributed by atoms with E-state index in [1.807, 2.05) is 30.3 Å². The number of nitrogens with two attached hydrogens (primary N) is 1. The van der Waals surface area contributed by atoms with Gasteiger partial charge in [0.25, 0.3) is 0 Å². The Morgan fingerprint density at radius 2 is 1.84 bits per heavy atom. The summed E-state index contributed by atoms with van der Waals surface area (Å²) < 4.78 is 5.20. The number of benzene rings is 1. The summed E-state index contributed by atoms with van der Waals surface area (Å²) in [6, 6.07) is 13.8. The molecule has 1 aromatic rings. The summed E-state index contributed by atoms with van der Waals surface area (Å²) in [6.07, 6.45) is 4.71. The Labute approximate surface area is 147 Å². The predicted octanol–water partition coefficient (Wildman–Crippen LogP) is 3.29. The van der Waals surface area contributed by atoms with Crippen molar-refractivity contribution in [2.75, 3.05) is 7.11 Å². The maximum absolute atomic E-state index is 9.91. The molecule has 0 aromatic heterocycles. The summed E-state index contributed by atoms with van der Waals surface area (Å²) in [7, 11) is 1.59. The van der Waals surface area contributed by atoms with Crippen molar-refractivity contribution in [3.8, 4) is 24.0 Å². The van der Waals surface area contributed by atoms with Crippen LogP contribution in [0.1, 0.15) is 30.7 Å². The number of hydrogen-bond acceptors (Lipinski definition) is 5. The number of nitriles is 3. The van der Waals surface area contributed by atoms with Gasteiger partial charge in [-0.05, 0) is 48.4 Å². The van der Waals surface area contributed by atoms with Crippen molar-refractivity contribution >= 4 is 0 Å². The molecule has 2 aliphatic rings. The molecule has 1 aromatic carbocycles. The molecule has 5 nitrogen and oxygen atoms in total. The summed E-state index contributed by atoms with van der Waals surface area (Å²) in [4.78, 5) is 0. The molecule has 0 bridgehead atoms. The molecule has 2 aliphatic carbocycles. The van der Waals surface area contributed by atoms with E-state index in [1.165, 1.54) is 0 Å². The minimum absolute atomic E-state index is 0.0663. The van der Waals surface area contributed by atoms with Gasteiger partial charge >= 0.3 is 0 Å². The van der Waals surface area contributed by atoms with Gasteiger partial charge < -0.3 is 10.5 Å². The highest BCUT2D eigenvalue weighted by atomic mass is 16.5. The maximum atomic E-state index is 9.91. The number of allylic oxidation sites excluding steroid dienone is 4. The zero-order valence-electron chi connectivity index (χ0n) is 14.0. The van der Waals surface area contributed by atoms with Crippen LogP contribution in [0.5, 0.6) is 5.75 Å². The van der Waals surface area contributed by atoms with Crippen LogP contribution in [-0.2, 0) is 0 Å². The molecular formula is C20H18N4O.